The molecule has 0 aromatic carbocycles. The lowest BCUT2D eigenvalue weighted by Crippen LogP contribution is -2.47. The Morgan fingerprint density at radius 1 is 0.800 bits per heavy atom. The number of aliphatic hydroxyl groups is 1. The summed E-state index contributed by atoms with van der Waals surface area (Å²) >= 11 is 0. The Balaban J connectivity index is 1.66. The molecule has 116 valence electrons. The van der Waals surface area contributed by atoms with Gasteiger partial charge in [-0.15, -0.1) is 0 Å². The van der Waals surface area contributed by atoms with E-state index in [4.69, 9.17) is 5.11 Å². The lowest BCUT2D eigenvalue weighted by atomic mass is 9.87. The van der Waals surface area contributed by atoms with Crippen LogP contribution in [0.3, 0.4) is 0 Å². The molecule has 0 radical (unpaired) electrons. The Hall–Kier alpha value is -0.770. The zero-order valence-corrected chi connectivity index (χ0v) is 12.6. The molecular formula is C16H30N2O2. The van der Waals surface area contributed by atoms with Crippen molar-refractivity contribution in [1.29, 1.82) is 0 Å². The average Bonchev–Trinajstić information content (AvgIpc) is 2.42. The van der Waals surface area contributed by atoms with Gasteiger partial charge in [-0.05, 0) is 44.4 Å². The van der Waals surface area contributed by atoms with Crippen molar-refractivity contribution < 1.29 is 9.90 Å². The fourth-order valence-electron chi connectivity index (χ4n) is 3.50. The molecule has 2 fully saturated rings. The highest BCUT2D eigenvalue weighted by Gasteiger charge is 2.22. The van der Waals surface area contributed by atoms with Crippen molar-refractivity contribution in [2.45, 2.75) is 82.7 Å². The predicted molar refractivity (Wildman–Crippen MR) is 80.6 cm³/mol. The number of nitrogens with one attached hydrogen (secondary N) is 2. The number of urea groups is 1. The van der Waals surface area contributed by atoms with Gasteiger partial charge in [0.25, 0.3) is 0 Å². The lowest BCUT2D eigenvalue weighted by Gasteiger charge is -2.29. The van der Waals surface area contributed by atoms with Gasteiger partial charge in [0.2, 0.25) is 0 Å². The van der Waals surface area contributed by atoms with E-state index in [0.717, 1.165) is 38.5 Å². The molecule has 0 bridgehead atoms. The second-order valence-electron chi connectivity index (χ2n) is 6.56. The Labute approximate surface area is 122 Å². The summed E-state index contributed by atoms with van der Waals surface area (Å²) < 4.78 is 0. The molecule has 2 aliphatic carbocycles. The fraction of sp³-hybridized carbons (Fsp3) is 0.938. The summed E-state index contributed by atoms with van der Waals surface area (Å²) in [4.78, 5) is 12.1. The first-order valence-corrected chi connectivity index (χ1v) is 8.46. The van der Waals surface area contributed by atoms with Crippen LogP contribution in [0.4, 0.5) is 4.79 Å². The summed E-state index contributed by atoms with van der Waals surface area (Å²) in [5, 5.41) is 15.4. The number of hydrogen-bond acceptors (Lipinski definition) is 2. The van der Waals surface area contributed by atoms with E-state index >= 15 is 0 Å². The molecule has 20 heavy (non-hydrogen) atoms. The van der Waals surface area contributed by atoms with Crippen molar-refractivity contribution in [3.63, 3.8) is 0 Å². The first-order valence-electron chi connectivity index (χ1n) is 8.46. The van der Waals surface area contributed by atoms with Gasteiger partial charge in [-0.2, -0.15) is 0 Å². The minimum Gasteiger partial charge on any atom is -0.396 e. The first-order chi connectivity index (χ1) is 9.78. The van der Waals surface area contributed by atoms with Gasteiger partial charge in [-0.25, -0.2) is 4.79 Å². The van der Waals surface area contributed by atoms with Crippen LogP contribution in [0.15, 0.2) is 0 Å². The van der Waals surface area contributed by atoms with Crippen LogP contribution in [0, 0.1) is 5.92 Å². The van der Waals surface area contributed by atoms with Crippen molar-refractivity contribution in [3.8, 4) is 0 Å². The SMILES string of the molecule is O=C(NC1CCCCCCC1)NC1CCC(CO)CC1. The van der Waals surface area contributed by atoms with E-state index in [9.17, 15) is 4.79 Å². The molecule has 0 spiro atoms. The highest BCUT2D eigenvalue weighted by molar-refractivity contribution is 5.74. The second kappa shape index (κ2) is 8.50. The topological polar surface area (TPSA) is 61.4 Å². The zero-order chi connectivity index (χ0) is 14.2. The van der Waals surface area contributed by atoms with Gasteiger partial charge in [-0.1, -0.05) is 32.1 Å². The minimum atomic E-state index is 0.0167. The number of rotatable bonds is 3. The highest BCUT2D eigenvalue weighted by Crippen LogP contribution is 2.23. The van der Waals surface area contributed by atoms with Gasteiger partial charge in [0.15, 0.2) is 0 Å². The van der Waals surface area contributed by atoms with Crippen LogP contribution in [-0.4, -0.2) is 29.8 Å². The Morgan fingerprint density at radius 2 is 1.30 bits per heavy atom. The third-order valence-corrected chi connectivity index (χ3v) is 4.88. The molecule has 2 saturated carbocycles. The normalized spacial score (nSPS) is 29.2. The monoisotopic (exact) mass is 282 g/mol. The van der Waals surface area contributed by atoms with Crippen molar-refractivity contribution in [1.82, 2.24) is 10.6 Å². The van der Waals surface area contributed by atoms with Crippen molar-refractivity contribution in [2.24, 2.45) is 5.92 Å². The maximum Gasteiger partial charge on any atom is 0.315 e. The summed E-state index contributed by atoms with van der Waals surface area (Å²) in [5.41, 5.74) is 0. The molecule has 0 saturated heterocycles. The molecule has 2 amide bonds. The maximum absolute atomic E-state index is 12.1. The Morgan fingerprint density at radius 3 is 1.85 bits per heavy atom. The molecule has 0 aromatic heterocycles. The van der Waals surface area contributed by atoms with Gasteiger partial charge in [0.1, 0.15) is 0 Å². The standard InChI is InChI=1S/C16H30N2O2/c19-12-13-8-10-15(11-9-13)18-16(20)17-14-6-4-2-1-3-5-7-14/h13-15,19H,1-12H2,(H2,17,18,20). The maximum atomic E-state index is 12.1. The molecule has 0 aromatic rings. The van der Waals surface area contributed by atoms with Crippen molar-refractivity contribution in [2.75, 3.05) is 6.61 Å². The number of carbonyl (C=O) groups is 1. The van der Waals surface area contributed by atoms with E-state index in [-0.39, 0.29) is 6.03 Å². The van der Waals surface area contributed by atoms with E-state index in [0.29, 0.717) is 24.6 Å². The summed E-state index contributed by atoms with van der Waals surface area (Å²) in [6.07, 6.45) is 12.8. The van der Waals surface area contributed by atoms with E-state index in [1.807, 2.05) is 0 Å². The van der Waals surface area contributed by atoms with E-state index in [1.165, 1.54) is 32.1 Å². The molecule has 2 aliphatic rings. The summed E-state index contributed by atoms with van der Waals surface area (Å²) in [5.74, 6) is 0.446. The molecule has 4 heteroatoms. The molecule has 4 nitrogen and oxygen atoms in total. The Kier molecular flexibility index (Phi) is 6.64. The summed E-state index contributed by atoms with van der Waals surface area (Å²) in [6, 6.07) is 0.679. The number of aliphatic hydroxyl groups excluding tert-OH is 1. The third-order valence-electron chi connectivity index (χ3n) is 4.88. The fourth-order valence-corrected chi connectivity index (χ4v) is 3.50. The van der Waals surface area contributed by atoms with E-state index < -0.39 is 0 Å². The minimum absolute atomic E-state index is 0.0167. The molecule has 0 atom stereocenters. The van der Waals surface area contributed by atoms with Crippen LogP contribution in [-0.2, 0) is 0 Å². The van der Waals surface area contributed by atoms with Crippen LogP contribution in [0.1, 0.15) is 70.6 Å². The molecule has 0 unspecified atom stereocenters. The number of amides is 2. The van der Waals surface area contributed by atoms with Crippen molar-refractivity contribution in [3.05, 3.63) is 0 Å². The molecule has 0 aliphatic heterocycles. The van der Waals surface area contributed by atoms with Crippen LogP contribution in [0.2, 0.25) is 0 Å². The molecule has 3 N–H and O–H groups in total. The van der Waals surface area contributed by atoms with Gasteiger partial charge in [0.05, 0.1) is 0 Å². The molecular weight excluding hydrogens is 252 g/mol. The van der Waals surface area contributed by atoms with Gasteiger partial charge in [-0.3, -0.25) is 0 Å². The summed E-state index contributed by atoms with van der Waals surface area (Å²) in [6.45, 7) is 0.293. The Bertz CT molecular complexity index is 280. The third kappa shape index (κ3) is 5.31. The molecule has 2 rings (SSSR count). The average molecular weight is 282 g/mol. The zero-order valence-electron chi connectivity index (χ0n) is 12.6. The molecule has 0 heterocycles. The second-order valence-corrected chi connectivity index (χ2v) is 6.56. The summed E-state index contributed by atoms with van der Waals surface area (Å²) in [7, 11) is 0. The van der Waals surface area contributed by atoms with Gasteiger partial charge < -0.3 is 15.7 Å². The van der Waals surface area contributed by atoms with E-state index in [2.05, 4.69) is 10.6 Å². The highest BCUT2D eigenvalue weighted by atomic mass is 16.3. The lowest BCUT2D eigenvalue weighted by molar-refractivity contribution is 0.173. The largest absolute Gasteiger partial charge is 0.396 e. The van der Waals surface area contributed by atoms with Crippen LogP contribution >= 0.6 is 0 Å². The van der Waals surface area contributed by atoms with Gasteiger partial charge in [0, 0.05) is 18.7 Å². The van der Waals surface area contributed by atoms with Crippen LogP contribution < -0.4 is 10.6 Å². The van der Waals surface area contributed by atoms with E-state index in [1.54, 1.807) is 0 Å². The van der Waals surface area contributed by atoms with Crippen LogP contribution in [0.5, 0.6) is 0 Å². The first kappa shape index (κ1) is 15.6. The van der Waals surface area contributed by atoms with Crippen molar-refractivity contribution >= 4 is 6.03 Å². The quantitative estimate of drug-likeness (QED) is 0.745. The smallest absolute Gasteiger partial charge is 0.315 e. The number of hydrogen-bond donors (Lipinski definition) is 3. The predicted octanol–water partition coefficient (Wildman–Crippen LogP) is 2.95. The van der Waals surface area contributed by atoms with Gasteiger partial charge >= 0.3 is 6.03 Å². The van der Waals surface area contributed by atoms with Crippen LogP contribution in [0.25, 0.3) is 0 Å². The number of carbonyl (C=O) groups excluding carboxylic acids is 1.